The number of alkyl halides is 1. The standard InChI is InChI=1S/C8H9BrN2O2/c9-5-1-2-6(10-3-5)7-4-11-8(12)13-7/h1-2,5,7H,3-4H2,(H,11,12). The quantitative estimate of drug-likeness (QED) is 0.697. The van der Waals surface area contributed by atoms with Crippen LogP contribution in [0.4, 0.5) is 4.79 Å². The summed E-state index contributed by atoms with van der Waals surface area (Å²) in [4.78, 5) is 15.3. The molecule has 1 saturated heterocycles. The van der Waals surface area contributed by atoms with E-state index >= 15 is 0 Å². The zero-order valence-electron chi connectivity index (χ0n) is 6.87. The Morgan fingerprint density at radius 2 is 2.54 bits per heavy atom. The molecule has 1 N–H and O–H groups in total. The number of dihydropyridines is 1. The molecule has 0 bridgehead atoms. The smallest absolute Gasteiger partial charge is 0.408 e. The van der Waals surface area contributed by atoms with Crippen LogP contribution in [0.15, 0.2) is 17.1 Å². The summed E-state index contributed by atoms with van der Waals surface area (Å²) in [6.07, 6.45) is 3.34. The van der Waals surface area contributed by atoms with Gasteiger partial charge in [-0.05, 0) is 6.08 Å². The highest BCUT2D eigenvalue weighted by atomic mass is 79.9. The number of aliphatic imine (C=N–C) groups is 1. The number of ether oxygens (including phenoxy) is 1. The van der Waals surface area contributed by atoms with Crippen LogP contribution in [0, 0.1) is 0 Å². The Labute approximate surface area is 84.2 Å². The van der Waals surface area contributed by atoms with E-state index in [0.29, 0.717) is 17.9 Å². The van der Waals surface area contributed by atoms with Gasteiger partial charge in [0.15, 0.2) is 6.10 Å². The maximum atomic E-state index is 10.7. The second kappa shape index (κ2) is 3.49. The van der Waals surface area contributed by atoms with Crippen LogP contribution in [0.2, 0.25) is 0 Å². The average Bonchev–Trinajstić information content (AvgIpc) is 2.53. The molecule has 13 heavy (non-hydrogen) atoms. The van der Waals surface area contributed by atoms with E-state index in [9.17, 15) is 4.79 Å². The van der Waals surface area contributed by atoms with Crippen LogP contribution in [0.3, 0.4) is 0 Å². The van der Waals surface area contributed by atoms with E-state index < -0.39 is 0 Å². The van der Waals surface area contributed by atoms with Crippen molar-refractivity contribution in [1.29, 1.82) is 0 Å². The summed E-state index contributed by atoms with van der Waals surface area (Å²) in [5, 5.41) is 2.59. The van der Waals surface area contributed by atoms with Gasteiger partial charge in [0.2, 0.25) is 0 Å². The molecule has 2 heterocycles. The summed E-state index contributed by atoms with van der Waals surface area (Å²) in [5.41, 5.74) is 0.842. The Bertz CT molecular complexity index is 288. The Hall–Kier alpha value is -0.840. The first-order valence-corrected chi connectivity index (χ1v) is 4.98. The molecule has 4 nitrogen and oxygen atoms in total. The first-order valence-electron chi connectivity index (χ1n) is 4.07. The fourth-order valence-electron chi connectivity index (χ4n) is 1.27. The van der Waals surface area contributed by atoms with Crippen LogP contribution >= 0.6 is 15.9 Å². The highest BCUT2D eigenvalue weighted by Gasteiger charge is 2.26. The van der Waals surface area contributed by atoms with Gasteiger partial charge in [-0.3, -0.25) is 4.99 Å². The summed E-state index contributed by atoms with van der Waals surface area (Å²) in [5.74, 6) is 0. The zero-order valence-corrected chi connectivity index (χ0v) is 8.45. The molecule has 2 rings (SSSR count). The van der Waals surface area contributed by atoms with Crippen molar-refractivity contribution in [1.82, 2.24) is 5.32 Å². The topological polar surface area (TPSA) is 50.7 Å². The monoisotopic (exact) mass is 244 g/mol. The number of amides is 1. The van der Waals surface area contributed by atoms with Crippen molar-refractivity contribution in [2.75, 3.05) is 13.1 Å². The molecule has 0 aliphatic carbocycles. The number of carbonyl (C=O) groups is 1. The van der Waals surface area contributed by atoms with Gasteiger partial charge in [-0.15, -0.1) is 0 Å². The van der Waals surface area contributed by atoms with Crippen LogP contribution in [0.25, 0.3) is 0 Å². The number of hydrogen-bond donors (Lipinski definition) is 1. The Morgan fingerprint density at radius 1 is 1.69 bits per heavy atom. The second-order valence-electron chi connectivity index (χ2n) is 2.92. The Kier molecular flexibility index (Phi) is 2.35. The lowest BCUT2D eigenvalue weighted by Crippen LogP contribution is -2.26. The van der Waals surface area contributed by atoms with Gasteiger partial charge in [0.25, 0.3) is 0 Å². The molecular weight excluding hydrogens is 236 g/mol. The minimum atomic E-state index is -0.359. The van der Waals surface area contributed by atoms with E-state index in [1.165, 1.54) is 0 Å². The molecule has 0 saturated carbocycles. The fourth-order valence-corrected chi connectivity index (χ4v) is 1.57. The summed E-state index contributed by atoms with van der Waals surface area (Å²) in [7, 11) is 0. The van der Waals surface area contributed by atoms with Gasteiger partial charge in [-0.25, -0.2) is 4.79 Å². The minimum absolute atomic E-state index is 0.205. The molecule has 2 aliphatic heterocycles. The largest absolute Gasteiger partial charge is 0.438 e. The molecular formula is C8H9BrN2O2. The van der Waals surface area contributed by atoms with Crippen molar-refractivity contribution in [3.8, 4) is 0 Å². The number of halogens is 1. The van der Waals surface area contributed by atoms with Crippen molar-refractivity contribution >= 4 is 27.7 Å². The lowest BCUT2D eigenvalue weighted by Gasteiger charge is -2.13. The molecule has 0 spiro atoms. The van der Waals surface area contributed by atoms with E-state index in [1.54, 1.807) is 0 Å². The van der Waals surface area contributed by atoms with Crippen molar-refractivity contribution in [2.45, 2.75) is 10.9 Å². The van der Waals surface area contributed by atoms with Crippen molar-refractivity contribution < 1.29 is 9.53 Å². The highest BCUT2D eigenvalue weighted by Crippen LogP contribution is 2.12. The zero-order chi connectivity index (χ0) is 9.26. The second-order valence-corrected chi connectivity index (χ2v) is 4.09. The summed E-state index contributed by atoms with van der Waals surface area (Å²) >= 11 is 3.42. The van der Waals surface area contributed by atoms with Gasteiger partial charge >= 0.3 is 6.09 Å². The Morgan fingerprint density at radius 3 is 3.08 bits per heavy atom. The van der Waals surface area contributed by atoms with E-state index in [1.807, 2.05) is 12.2 Å². The van der Waals surface area contributed by atoms with Crippen LogP contribution in [0.1, 0.15) is 0 Å². The van der Waals surface area contributed by atoms with Gasteiger partial charge in [0.05, 0.1) is 23.6 Å². The number of alkyl carbamates (subject to hydrolysis) is 1. The molecule has 1 fully saturated rings. The molecule has 70 valence electrons. The molecule has 0 radical (unpaired) electrons. The molecule has 0 aromatic carbocycles. The third kappa shape index (κ3) is 1.91. The maximum Gasteiger partial charge on any atom is 0.408 e. The van der Waals surface area contributed by atoms with Crippen LogP contribution < -0.4 is 5.32 Å². The SMILES string of the molecule is O=C1NCC(C2=NCC(Br)C=C2)O1. The fraction of sp³-hybridized carbons (Fsp3) is 0.500. The highest BCUT2D eigenvalue weighted by molar-refractivity contribution is 9.09. The molecule has 0 aromatic heterocycles. The summed E-state index contributed by atoms with van der Waals surface area (Å²) in [6, 6.07) is 0. The molecule has 1 amide bonds. The van der Waals surface area contributed by atoms with E-state index in [0.717, 1.165) is 5.71 Å². The van der Waals surface area contributed by atoms with E-state index in [2.05, 4.69) is 26.2 Å². The number of hydrogen-bond acceptors (Lipinski definition) is 3. The molecule has 2 unspecified atom stereocenters. The summed E-state index contributed by atoms with van der Waals surface area (Å²) in [6.45, 7) is 1.23. The Balaban J connectivity index is 2.02. The third-order valence-corrected chi connectivity index (χ3v) is 2.53. The lowest BCUT2D eigenvalue weighted by molar-refractivity contribution is 0.164. The van der Waals surface area contributed by atoms with Crippen LogP contribution in [-0.2, 0) is 4.74 Å². The van der Waals surface area contributed by atoms with Crippen LogP contribution in [0.5, 0.6) is 0 Å². The van der Waals surface area contributed by atoms with Gasteiger partial charge < -0.3 is 10.1 Å². The molecule has 0 aromatic rings. The van der Waals surface area contributed by atoms with Crippen LogP contribution in [-0.4, -0.2) is 35.8 Å². The van der Waals surface area contributed by atoms with Crippen molar-refractivity contribution in [3.05, 3.63) is 12.2 Å². The van der Waals surface area contributed by atoms with Crippen molar-refractivity contribution in [3.63, 3.8) is 0 Å². The predicted molar refractivity (Wildman–Crippen MR) is 52.4 cm³/mol. The van der Waals surface area contributed by atoms with Gasteiger partial charge in [-0.1, -0.05) is 22.0 Å². The van der Waals surface area contributed by atoms with Crippen molar-refractivity contribution in [2.24, 2.45) is 4.99 Å². The van der Waals surface area contributed by atoms with Gasteiger partial charge in [0, 0.05) is 0 Å². The molecule has 5 heteroatoms. The van der Waals surface area contributed by atoms with Gasteiger partial charge in [0.1, 0.15) is 0 Å². The average molecular weight is 245 g/mol. The predicted octanol–water partition coefficient (Wildman–Crippen LogP) is 0.869. The first-order chi connectivity index (χ1) is 6.25. The maximum absolute atomic E-state index is 10.7. The van der Waals surface area contributed by atoms with Gasteiger partial charge in [-0.2, -0.15) is 0 Å². The number of cyclic esters (lactones) is 1. The minimum Gasteiger partial charge on any atom is -0.438 e. The third-order valence-electron chi connectivity index (χ3n) is 1.94. The molecule has 2 atom stereocenters. The number of nitrogens with one attached hydrogen (secondary N) is 1. The first kappa shape index (κ1) is 8.74. The van der Waals surface area contributed by atoms with E-state index in [4.69, 9.17) is 4.74 Å². The normalized spacial score (nSPS) is 32.4. The number of nitrogens with zero attached hydrogens (tertiary/aromatic N) is 1. The lowest BCUT2D eigenvalue weighted by atomic mass is 10.1. The molecule has 2 aliphatic rings. The number of rotatable bonds is 1. The summed E-state index contributed by atoms with van der Waals surface area (Å²) < 4.78 is 4.99. The number of carbonyl (C=O) groups excluding carboxylic acids is 1. The van der Waals surface area contributed by atoms with E-state index in [-0.39, 0.29) is 12.2 Å².